The van der Waals surface area contributed by atoms with Gasteiger partial charge in [0.2, 0.25) is 0 Å². The minimum atomic E-state index is -0.0452. The van der Waals surface area contributed by atoms with E-state index in [0.717, 1.165) is 11.1 Å². The first-order valence-corrected chi connectivity index (χ1v) is 6.70. The van der Waals surface area contributed by atoms with Gasteiger partial charge in [-0.05, 0) is 31.5 Å². The van der Waals surface area contributed by atoms with Crippen LogP contribution in [0.1, 0.15) is 35.7 Å². The number of ketones is 1. The number of benzene rings is 1. The van der Waals surface area contributed by atoms with Crippen molar-refractivity contribution >= 4 is 22.7 Å². The molecule has 6 heteroatoms. The van der Waals surface area contributed by atoms with E-state index in [9.17, 15) is 9.59 Å². The summed E-state index contributed by atoms with van der Waals surface area (Å²) in [5.74, 6) is 0.192. The van der Waals surface area contributed by atoms with Crippen molar-refractivity contribution < 1.29 is 9.59 Å². The van der Waals surface area contributed by atoms with Crippen LogP contribution in [0, 0.1) is 6.92 Å². The van der Waals surface area contributed by atoms with Crippen LogP contribution in [0.4, 0.5) is 0 Å². The van der Waals surface area contributed by atoms with Gasteiger partial charge in [-0.2, -0.15) is 15.4 Å². The summed E-state index contributed by atoms with van der Waals surface area (Å²) in [6, 6.07) is 3.57. The molecule has 0 spiro atoms. The number of amides is 1. The summed E-state index contributed by atoms with van der Waals surface area (Å²) < 4.78 is 0. The molecule has 2 heterocycles. The smallest absolute Gasteiger partial charge is 0.254 e. The number of nitrogens with one attached hydrogen (secondary N) is 1. The van der Waals surface area contributed by atoms with Crippen molar-refractivity contribution in [2.45, 2.75) is 32.7 Å². The third kappa shape index (κ3) is 2.07. The molecule has 0 radical (unpaired) electrons. The number of carbonyl (C=O) groups is 2. The van der Waals surface area contributed by atoms with Gasteiger partial charge >= 0.3 is 0 Å². The first-order chi connectivity index (χ1) is 9.56. The Morgan fingerprint density at radius 2 is 2.05 bits per heavy atom. The van der Waals surface area contributed by atoms with Gasteiger partial charge in [0, 0.05) is 31.0 Å². The Labute approximate surface area is 116 Å². The second-order valence-corrected chi connectivity index (χ2v) is 5.32. The number of H-pyrrole nitrogens is 1. The third-order valence-electron chi connectivity index (χ3n) is 3.84. The second kappa shape index (κ2) is 4.70. The minimum Gasteiger partial charge on any atom is -0.335 e. The Balaban J connectivity index is 1.95. The van der Waals surface area contributed by atoms with Crippen LogP contribution in [0.5, 0.6) is 0 Å². The van der Waals surface area contributed by atoms with E-state index in [0.29, 0.717) is 30.5 Å². The van der Waals surface area contributed by atoms with Crippen molar-refractivity contribution in [2.75, 3.05) is 6.54 Å². The number of rotatable bonds is 1. The number of fused-ring (bicyclic) bond motifs is 1. The highest BCUT2D eigenvalue weighted by atomic mass is 16.2. The minimum absolute atomic E-state index is 0.0348. The normalized spacial score (nSPS) is 19.6. The quantitative estimate of drug-likeness (QED) is 0.852. The zero-order valence-corrected chi connectivity index (χ0v) is 11.5. The van der Waals surface area contributed by atoms with Crippen LogP contribution < -0.4 is 0 Å². The second-order valence-electron chi connectivity index (χ2n) is 5.32. The summed E-state index contributed by atoms with van der Waals surface area (Å²) in [7, 11) is 0. The first-order valence-electron chi connectivity index (χ1n) is 6.70. The van der Waals surface area contributed by atoms with E-state index in [1.807, 2.05) is 19.9 Å². The molecule has 1 aromatic heterocycles. The molecule has 6 nitrogen and oxygen atoms in total. The van der Waals surface area contributed by atoms with Crippen LogP contribution in [0.25, 0.3) is 11.0 Å². The number of nitrogens with zero attached hydrogens (tertiary/aromatic N) is 3. The first kappa shape index (κ1) is 12.8. The molecule has 1 aromatic carbocycles. The molecule has 20 heavy (non-hydrogen) atoms. The molecule has 1 atom stereocenters. The number of carbonyl (C=O) groups excluding carboxylic acids is 2. The van der Waals surface area contributed by atoms with Crippen molar-refractivity contribution in [2.24, 2.45) is 0 Å². The van der Waals surface area contributed by atoms with Gasteiger partial charge in [-0.25, -0.2) is 0 Å². The zero-order chi connectivity index (χ0) is 14.3. The highest BCUT2D eigenvalue weighted by molar-refractivity contribution is 5.99. The molecule has 0 aliphatic carbocycles. The summed E-state index contributed by atoms with van der Waals surface area (Å²) in [5, 5.41) is 10.6. The summed E-state index contributed by atoms with van der Waals surface area (Å²) in [6.07, 6.45) is 0.887. The molecule has 1 amide bonds. The van der Waals surface area contributed by atoms with Gasteiger partial charge in [0.25, 0.3) is 5.91 Å². The van der Waals surface area contributed by atoms with Gasteiger partial charge in [0.1, 0.15) is 16.8 Å². The summed E-state index contributed by atoms with van der Waals surface area (Å²) in [6.45, 7) is 4.30. The number of aromatic nitrogens is 3. The van der Waals surface area contributed by atoms with Crippen molar-refractivity contribution in [3.8, 4) is 0 Å². The number of aryl methyl sites for hydroxylation is 1. The number of hydrogen-bond acceptors (Lipinski definition) is 4. The Morgan fingerprint density at radius 1 is 1.35 bits per heavy atom. The fraction of sp³-hybridized carbons (Fsp3) is 0.429. The number of Topliss-reactive ketones (excluding diaryl/α,β-unsaturated/α-hetero) is 1. The van der Waals surface area contributed by atoms with Gasteiger partial charge < -0.3 is 4.90 Å². The number of hydrogen-bond donors (Lipinski definition) is 1. The topological polar surface area (TPSA) is 79.0 Å². The lowest BCUT2D eigenvalue weighted by molar-refractivity contribution is -0.122. The average molecular weight is 272 g/mol. The fourth-order valence-electron chi connectivity index (χ4n) is 2.69. The molecule has 104 valence electrons. The van der Waals surface area contributed by atoms with Gasteiger partial charge in [-0.3, -0.25) is 9.59 Å². The van der Waals surface area contributed by atoms with Crippen LogP contribution in [0.2, 0.25) is 0 Å². The Hall–Kier alpha value is -2.24. The highest BCUT2D eigenvalue weighted by Gasteiger charge is 2.29. The van der Waals surface area contributed by atoms with Crippen LogP contribution in [-0.4, -0.2) is 44.6 Å². The molecule has 1 fully saturated rings. The molecule has 0 saturated carbocycles. The number of likely N-dealkylation sites (tertiary alicyclic amines) is 1. The summed E-state index contributed by atoms with van der Waals surface area (Å²) >= 11 is 0. The van der Waals surface area contributed by atoms with E-state index in [-0.39, 0.29) is 17.7 Å². The van der Waals surface area contributed by atoms with Crippen LogP contribution in [0.3, 0.4) is 0 Å². The molecule has 0 unspecified atom stereocenters. The van der Waals surface area contributed by atoms with Crippen LogP contribution >= 0.6 is 0 Å². The summed E-state index contributed by atoms with van der Waals surface area (Å²) in [4.78, 5) is 25.9. The lowest BCUT2D eigenvalue weighted by atomic mass is 9.99. The van der Waals surface area contributed by atoms with Gasteiger partial charge in [-0.15, -0.1) is 0 Å². The molecule has 1 aliphatic rings. The van der Waals surface area contributed by atoms with E-state index in [4.69, 9.17) is 0 Å². The lowest BCUT2D eigenvalue weighted by Crippen LogP contribution is -2.45. The van der Waals surface area contributed by atoms with E-state index in [2.05, 4.69) is 15.4 Å². The fourth-order valence-corrected chi connectivity index (χ4v) is 2.69. The SMILES string of the molecule is Cc1cc2n[nH]nc2cc1C(=O)N1CCC(=O)C[C@H]1C. The Kier molecular flexibility index (Phi) is 3.00. The standard InChI is InChI=1S/C14H16N4O2/c1-8-5-12-13(16-17-15-12)7-11(8)14(20)18-4-3-10(19)6-9(18)2/h5,7,9H,3-4,6H2,1-2H3,(H,15,16,17)/t9-/m1/s1. The predicted molar refractivity (Wildman–Crippen MR) is 73.4 cm³/mol. The molecule has 0 bridgehead atoms. The van der Waals surface area contributed by atoms with Gasteiger partial charge in [-0.1, -0.05) is 0 Å². The zero-order valence-electron chi connectivity index (χ0n) is 11.5. The van der Waals surface area contributed by atoms with Crippen molar-refractivity contribution in [3.05, 3.63) is 23.3 Å². The maximum atomic E-state index is 12.7. The van der Waals surface area contributed by atoms with E-state index < -0.39 is 0 Å². The van der Waals surface area contributed by atoms with Crippen molar-refractivity contribution in [1.29, 1.82) is 0 Å². The van der Waals surface area contributed by atoms with E-state index in [1.54, 1.807) is 11.0 Å². The Morgan fingerprint density at radius 3 is 2.75 bits per heavy atom. The van der Waals surface area contributed by atoms with Crippen LogP contribution in [0.15, 0.2) is 12.1 Å². The predicted octanol–water partition coefficient (Wildman–Crippen LogP) is 1.46. The van der Waals surface area contributed by atoms with E-state index in [1.165, 1.54) is 0 Å². The molecular weight excluding hydrogens is 256 g/mol. The van der Waals surface area contributed by atoms with Gasteiger partial charge in [0.05, 0.1) is 0 Å². The highest BCUT2D eigenvalue weighted by Crippen LogP contribution is 2.21. The molecule has 3 rings (SSSR count). The molecule has 2 aromatic rings. The maximum absolute atomic E-state index is 12.7. The average Bonchev–Trinajstić information content (AvgIpc) is 2.84. The third-order valence-corrected chi connectivity index (χ3v) is 3.84. The molecule has 1 N–H and O–H groups in total. The molecular formula is C14H16N4O2. The maximum Gasteiger partial charge on any atom is 0.254 e. The van der Waals surface area contributed by atoms with Crippen molar-refractivity contribution in [3.63, 3.8) is 0 Å². The van der Waals surface area contributed by atoms with Crippen molar-refractivity contribution in [1.82, 2.24) is 20.3 Å². The Bertz CT molecular complexity index is 692. The molecule has 1 aliphatic heterocycles. The number of piperidine rings is 1. The van der Waals surface area contributed by atoms with Gasteiger partial charge in [0.15, 0.2) is 0 Å². The monoisotopic (exact) mass is 272 g/mol. The number of aromatic amines is 1. The lowest BCUT2D eigenvalue weighted by Gasteiger charge is -2.33. The van der Waals surface area contributed by atoms with E-state index >= 15 is 0 Å². The molecule has 1 saturated heterocycles. The largest absolute Gasteiger partial charge is 0.335 e. The van der Waals surface area contributed by atoms with Crippen LogP contribution in [-0.2, 0) is 4.79 Å². The summed E-state index contributed by atoms with van der Waals surface area (Å²) in [5.41, 5.74) is 2.94.